The molecule has 0 saturated carbocycles. The Labute approximate surface area is 307 Å². The van der Waals surface area contributed by atoms with Crippen LogP contribution >= 0.6 is 0 Å². The van der Waals surface area contributed by atoms with E-state index in [-0.39, 0.29) is 13.1 Å². The molecule has 10 heteroatoms. The van der Waals surface area contributed by atoms with Gasteiger partial charge in [-0.3, -0.25) is 4.79 Å². The fourth-order valence-electron chi connectivity index (χ4n) is 5.81. The average Bonchev–Trinajstić information content (AvgIpc) is 3.11. The van der Waals surface area contributed by atoms with Crippen molar-refractivity contribution in [2.45, 2.75) is 187 Å². The Morgan fingerprint density at radius 1 is 0.460 bits per heavy atom. The van der Waals surface area contributed by atoms with Gasteiger partial charge in [0.2, 0.25) is 5.91 Å². The molecule has 0 radical (unpaired) electrons. The van der Waals surface area contributed by atoms with E-state index in [0.29, 0.717) is 33.0 Å². The first-order valence-corrected chi connectivity index (χ1v) is 20.7. The molecule has 0 aromatic carbocycles. The van der Waals surface area contributed by atoms with Gasteiger partial charge in [-0.2, -0.15) is 0 Å². The van der Waals surface area contributed by atoms with Crippen LogP contribution in [0.4, 0.5) is 9.59 Å². The molecule has 3 amide bonds. The van der Waals surface area contributed by atoms with Crippen LogP contribution in [0, 0.1) is 0 Å². The van der Waals surface area contributed by atoms with Crippen LogP contribution in [0.5, 0.6) is 0 Å². The Morgan fingerprint density at radius 2 is 0.860 bits per heavy atom. The predicted octanol–water partition coefficient (Wildman–Crippen LogP) is 9.77. The minimum Gasteiger partial charge on any atom is -0.450 e. The van der Waals surface area contributed by atoms with Crippen molar-refractivity contribution in [2.75, 3.05) is 53.2 Å². The third kappa shape index (κ3) is 35.7. The molecule has 0 saturated heterocycles. The van der Waals surface area contributed by atoms with Gasteiger partial charge in [0.05, 0.1) is 39.6 Å². The van der Waals surface area contributed by atoms with Gasteiger partial charge in [0.15, 0.2) is 0 Å². The monoisotopic (exact) mass is 714 g/mol. The SMILES string of the molecule is CCCCCCCCCCCCCCCCOC(=O)NC(CNC(=O)OCCCCCCCCCCCCCC)C(=O)NCCOCCOC. The van der Waals surface area contributed by atoms with Gasteiger partial charge in [-0.1, -0.05) is 168 Å². The van der Waals surface area contributed by atoms with Gasteiger partial charge >= 0.3 is 12.2 Å². The maximum Gasteiger partial charge on any atom is 0.407 e. The van der Waals surface area contributed by atoms with E-state index in [4.69, 9.17) is 18.9 Å². The van der Waals surface area contributed by atoms with Crippen molar-refractivity contribution in [3.8, 4) is 0 Å². The minimum absolute atomic E-state index is 0.110. The minimum atomic E-state index is -1.00. The van der Waals surface area contributed by atoms with Crippen LogP contribution in [0.2, 0.25) is 0 Å². The fourth-order valence-corrected chi connectivity index (χ4v) is 5.81. The molecule has 0 aliphatic heterocycles. The number of carbonyl (C=O) groups is 3. The van der Waals surface area contributed by atoms with Crippen molar-refractivity contribution in [3.05, 3.63) is 0 Å². The number of carbonyl (C=O) groups excluding carboxylic acids is 3. The van der Waals surface area contributed by atoms with Gasteiger partial charge in [0, 0.05) is 13.7 Å². The molecule has 0 fully saturated rings. The summed E-state index contributed by atoms with van der Waals surface area (Å²) < 4.78 is 21.0. The highest BCUT2D eigenvalue weighted by Crippen LogP contribution is 2.14. The van der Waals surface area contributed by atoms with Crippen LogP contribution in [0.3, 0.4) is 0 Å². The smallest absolute Gasteiger partial charge is 0.407 e. The summed E-state index contributed by atoms with van der Waals surface area (Å²) in [5.74, 6) is -0.435. The number of nitrogens with one attached hydrogen (secondary N) is 3. The van der Waals surface area contributed by atoms with E-state index in [1.807, 2.05) is 0 Å². The molecule has 1 atom stereocenters. The number of amides is 3. The lowest BCUT2D eigenvalue weighted by molar-refractivity contribution is -0.123. The van der Waals surface area contributed by atoms with Crippen LogP contribution < -0.4 is 16.0 Å². The summed E-state index contributed by atoms with van der Waals surface area (Å²) in [4.78, 5) is 37.6. The fraction of sp³-hybridized carbons (Fsp3) is 0.925. The molecular weight excluding hydrogens is 634 g/mol. The van der Waals surface area contributed by atoms with E-state index in [1.165, 1.54) is 128 Å². The first kappa shape index (κ1) is 47.9. The summed E-state index contributed by atoms with van der Waals surface area (Å²) in [5.41, 5.74) is 0. The second kappa shape index (κ2) is 39.7. The van der Waals surface area contributed by atoms with Gasteiger partial charge in [-0.05, 0) is 12.8 Å². The zero-order valence-electron chi connectivity index (χ0n) is 32.8. The molecule has 3 N–H and O–H groups in total. The average molecular weight is 714 g/mol. The Kier molecular flexibility index (Phi) is 38.1. The molecule has 0 aromatic heterocycles. The zero-order valence-corrected chi connectivity index (χ0v) is 32.8. The number of ether oxygens (including phenoxy) is 4. The molecule has 296 valence electrons. The molecule has 1 unspecified atom stereocenters. The number of hydrogen-bond acceptors (Lipinski definition) is 7. The van der Waals surface area contributed by atoms with Crippen LogP contribution in [-0.2, 0) is 23.7 Å². The zero-order chi connectivity index (χ0) is 36.6. The molecule has 0 spiro atoms. The van der Waals surface area contributed by atoms with Gasteiger partial charge in [-0.25, -0.2) is 9.59 Å². The van der Waals surface area contributed by atoms with Crippen molar-refractivity contribution in [1.29, 1.82) is 0 Å². The number of methoxy groups -OCH3 is 1. The first-order valence-electron chi connectivity index (χ1n) is 20.7. The molecule has 0 aliphatic rings. The number of unbranched alkanes of at least 4 members (excludes halogenated alkanes) is 24. The summed E-state index contributed by atoms with van der Waals surface area (Å²) in [5, 5.41) is 7.95. The van der Waals surface area contributed by atoms with Crippen LogP contribution in [0.25, 0.3) is 0 Å². The van der Waals surface area contributed by atoms with Gasteiger partial charge in [0.25, 0.3) is 0 Å². The summed E-state index contributed by atoms with van der Waals surface area (Å²) in [7, 11) is 1.59. The van der Waals surface area contributed by atoms with Crippen molar-refractivity contribution in [1.82, 2.24) is 16.0 Å². The van der Waals surface area contributed by atoms with Crippen LogP contribution in [0.1, 0.15) is 181 Å². The van der Waals surface area contributed by atoms with E-state index in [9.17, 15) is 14.4 Å². The predicted molar refractivity (Wildman–Crippen MR) is 205 cm³/mol. The molecule has 0 bridgehead atoms. The lowest BCUT2D eigenvalue weighted by Gasteiger charge is -2.19. The van der Waals surface area contributed by atoms with Gasteiger partial charge in [0.1, 0.15) is 6.04 Å². The van der Waals surface area contributed by atoms with Crippen LogP contribution in [0.15, 0.2) is 0 Å². The van der Waals surface area contributed by atoms with E-state index >= 15 is 0 Å². The number of alkyl carbamates (subject to hydrolysis) is 2. The van der Waals surface area contributed by atoms with Gasteiger partial charge < -0.3 is 34.9 Å². The Balaban J connectivity index is 4.16. The molecule has 10 nitrogen and oxygen atoms in total. The highest BCUT2D eigenvalue weighted by atomic mass is 16.6. The Hall–Kier alpha value is -2.07. The third-order valence-corrected chi connectivity index (χ3v) is 9.00. The van der Waals surface area contributed by atoms with E-state index < -0.39 is 24.1 Å². The largest absolute Gasteiger partial charge is 0.450 e. The summed E-state index contributed by atoms with van der Waals surface area (Å²) in [6.45, 7) is 6.47. The van der Waals surface area contributed by atoms with Crippen molar-refractivity contribution >= 4 is 18.1 Å². The van der Waals surface area contributed by atoms with Crippen molar-refractivity contribution in [3.63, 3.8) is 0 Å². The lowest BCUT2D eigenvalue weighted by atomic mass is 10.0. The number of rotatable bonds is 38. The summed E-state index contributed by atoms with van der Waals surface area (Å²) in [6.07, 6.45) is 31.1. The second-order valence-electron chi connectivity index (χ2n) is 13.7. The van der Waals surface area contributed by atoms with Gasteiger partial charge in [-0.15, -0.1) is 0 Å². The lowest BCUT2D eigenvalue weighted by Crippen LogP contribution is -2.53. The standard InChI is InChI=1S/C40H79N3O7/c1-4-6-8-10-12-14-16-18-19-21-23-25-27-29-32-50-40(46)43-37(38(44)41-30-33-48-35-34-47-3)36-42-39(45)49-31-28-26-24-22-20-17-15-13-11-9-7-5-2/h37H,4-36H2,1-3H3,(H,41,44)(H,42,45)(H,43,46). The van der Waals surface area contributed by atoms with E-state index in [1.54, 1.807) is 7.11 Å². The summed E-state index contributed by atoms with van der Waals surface area (Å²) >= 11 is 0. The molecule has 0 aliphatic carbocycles. The van der Waals surface area contributed by atoms with E-state index in [2.05, 4.69) is 29.8 Å². The third-order valence-electron chi connectivity index (χ3n) is 9.00. The maximum absolute atomic E-state index is 12.8. The highest BCUT2D eigenvalue weighted by molar-refractivity contribution is 5.86. The second-order valence-corrected chi connectivity index (χ2v) is 13.7. The van der Waals surface area contributed by atoms with Crippen molar-refractivity contribution < 1.29 is 33.3 Å². The van der Waals surface area contributed by atoms with Crippen LogP contribution in [-0.4, -0.2) is 77.4 Å². The van der Waals surface area contributed by atoms with E-state index in [0.717, 1.165) is 38.5 Å². The highest BCUT2D eigenvalue weighted by Gasteiger charge is 2.22. The topological polar surface area (TPSA) is 124 Å². The molecule has 0 heterocycles. The Bertz CT molecular complexity index is 756. The number of hydrogen-bond donors (Lipinski definition) is 3. The normalized spacial score (nSPS) is 11.7. The first-order chi connectivity index (χ1) is 24.5. The van der Waals surface area contributed by atoms with Crippen molar-refractivity contribution in [2.24, 2.45) is 0 Å². The molecule has 0 aromatic rings. The maximum atomic E-state index is 12.8. The molecule has 50 heavy (non-hydrogen) atoms. The summed E-state index contributed by atoms with van der Waals surface area (Å²) in [6, 6.07) is -1.00. The molecule has 0 rings (SSSR count). The molecular formula is C40H79N3O7. The quantitative estimate of drug-likeness (QED) is 0.0544. The Morgan fingerprint density at radius 3 is 1.28 bits per heavy atom.